The van der Waals surface area contributed by atoms with Crippen LogP contribution in [0.5, 0.6) is 0 Å². The summed E-state index contributed by atoms with van der Waals surface area (Å²) in [5.74, 6) is -0.518. The smallest absolute Gasteiger partial charge is 0.462 e. The highest BCUT2D eigenvalue weighted by Crippen LogP contribution is 2.45. The Morgan fingerprint density at radius 1 is 0.265 bits per heavy atom. The van der Waals surface area contributed by atoms with Crippen molar-refractivity contribution in [1.29, 1.82) is 0 Å². The average molecular weight is 1490 g/mol. The Labute approximate surface area is 626 Å². The van der Waals surface area contributed by atoms with Crippen LogP contribution >= 0.6 is 15.6 Å². The Kier molecular flexibility index (Phi) is 73.1. The fraction of sp³-hybridized carbons (Fsp3) is 0.952. The molecular formula is C83H162O17P2. The molecule has 0 amide bonds. The number of phosphoric acid groups is 2. The van der Waals surface area contributed by atoms with Crippen molar-refractivity contribution >= 4 is 39.5 Å². The van der Waals surface area contributed by atoms with E-state index in [1.165, 1.54) is 244 Å². The molecule has 606 valence electrons. The molecule has 0 aliphatic heterocycles. The zero-order valence-corrected chi connectivity index (χ0v) is 68.7. The van der Waals surface area contributed by atoms with Gasteiger partial charge in [-0.2, -0.15) is 0 Å². The van der Waals surface area contributed by atoms with Crippen LogP contribution in [-0.4, -0.2) is 96.7 Å². The highest BCUT2D eigenvalue weighted by Gasteiger charge is 2.30. The van der Waals surface area contributed by atoms with E-state index >= 15 is 0 Å². The van der Waals surface area contributed by atoms with E-state index in [0.717, 1.165) is 115 Å². The minimum Gasteiger partial charge on any atom is -0.462 e. The normalized spacial score (nSPS) is 13.9. The van der Waals surface area contributed by atoms with Crippen LogP contribution in [0.3, 0.4) is 0 Å². The van der Waals surface area contributed by atoms with Crippen LogP contribution in [0, 0.1) is 11.8 Å². The van der Waals surface area contributed by atoms with E-state index < -0.39 is 97.5 Å². The van der Waals surface area contributed by atoms with Gasteiger partial charge in [-0.3, -0.25) is 37.3 Å². The lowest BCUT2D eigenvalue weighted by atomic mass is 10.0. The van der Waals surface area contributed by atoms with Crippen LogP contribution in [-0.2, 0) is 65.4 Å². The molecule has 0 aliphatic carbocycles. The molecule has 0 aromatic carbocycles. The van der Waals surface area contributed by atoms with Crippen LogP contribution in [0.1, 0.15) is 440 Å². The van der Waals surface area contributed by atoms with Crippen molar-refractivity contribution in [2.45, 2.75) is 458 Å². The molecule has 0 bridgehead atoms. The molecular weight excluding hydrogens is 1330 g/mol. The summed E-state index contributed by atoms with van der Waals surface area (Å²) in [6.07, 6.45) is 65.5. The van der Waals surface area contributed by atoms with Crippen LogP contribution < -0.4 is 0 Å². The largest absolute Gasteiger partial charge is 0.472 e. The van der Waals surface area contributed by atoms with E-state index in [2.05, 4.69) is 41.5 Å². The van der Waals surface area contributed by atoms with Gasteiger partial charge in [0.1, 0.15) is 19.3 Å². The summed E-state index contributed by atoms with van der Waals surface area (Å²) in [6.45, 7) is 9.65. The fourth-order valence-electron chi connectivity index (χ4n) is 12.9. The van der Waals surface area contributed by atoms with E-state index in [4.69, 9.17) is 37.0 Å². The number of hydrogen-bond acceptors (Lipinski definition) is 15. The summed E-state index contributed by atoms with van der Waals surface area (Å²) >= 11 is 0. The second-order valence-electron chi connectivity index (χ2n) is 30.8. The van der Waals surface area contributed by atoms with Gasteiger partial charge in [0.15, 0.2) is 12.2 Å². The summed E-state index contributed by atoms with van der Waals surface area (Å²) < 4.78 is 68.7. The number of aliphatic hydroxyl groups is 1. The first-order valence-corrected chi connectivity index (χ1v) is 46.0. The Bertz CT molecular complexity index is 1960. The molecule has 0 fully saturated rings. The monoisotopic (exact) mass is 1490 g/mol. The molecule has 17 nitrogen and oxygen atoms in total. The third kappa shape index (κ3) is 76.3. The number of unbranched alkanes of at least 4 members (excludes halogenated alkanes) is 52. The summed E-state index contributed by atoms with van der Waals surface area (Å²) in [4.78, 5) is 72.9. The molecule has 0 aromatic rings. The van der Waals surface area contributed by atoms with Gasteiger partial charge in [-0.1, -0.05) is 388 Å². The summed E-state index contributed by atoms with van der Waals surface area (Å²) in [5.41, 5.74) is 0. The van der Waals surface area contributed by atoms with Crippen molar-refractivity contribution in [3.8, 4) is 0 Å². The maximum Gasteiger partial charge on any atom is 0.472 e. The first kappa shape index (κ1) is 100. The third-order valence-corrected chi connectivity index (χ3v) is 21.4. The first-order chi connectivity index (χ1) is 49.4. The van der Waals surface area contributed by atoms with Crippen molar-refractivity contribution in [3.63, 3.8) is 0 Å². The number of aliphatic hydroxyl groups excluding tert-OH is 1. The van der Waals surface area contributed by atoms with E-state index in [1.807, 2.05) is 0 Å². The van der Waals surface area contributed by atoms with Gasteiger partial charge in [0.05, 0.1) is 26.4 Å². The number of rotatable bonds is 82. The van der Waals surface area contributed by atoms with E-state index in [1.54, 1.807) is 0 Å². The molecule has 0 heterocycles. The third-order valence-electron chi connectivity index (χ3n) is 19.5. The van der Waals surface area contributed by atoms with Gasteiger partial charge >= 0.3 is 39.5 Å². The molecule has 0 radical (unpaired) electrons. The SMILES string of the molecule is CCCCCCCCCCCCCCCCCCCCCCCC(=O)O[C@H](COC(=O)CCCCCCCCCCCCCCCCCC(C)C)COP(=O)(O)OC[C@@H](O)COP(=O)(O)OC[C@@H](COC(=O)CCCCCCCCC)OC(=O)CCCCCCCCCCCCCCCC(C)C. The zero-order valence-electron chi connectivity index (χ0n) is 66.9. The van der Waals surface area contributed by atoms with Crippen LogP contribution in [0.2, 0.25) is 0 Å². The van der Waals surface area contributed by atoms with Crippen LogP contribution in [0.4, 0.5) is 0 Å². The van der Waals surface area contributed by atoms with Gasteiger partial charge in [0.25, 0.3) is 0 Å². The van der Waals surface area contributed by atoms with Gasteiger partial charge in [-0.15, -0.1) is 0 Å². The molecule has 0 rings (SSSR count). The number of carbonyl (C=O) groups excluding carboxylic acids is 4. The molecule has 0 spiro atoms. The summed E-state index contributed by atoms with van der Waals surface area (Å²) in [5, 5.41) is 10.6. The van der Waals surface area contributed by atoms with Crippen molar-refractivity contribution in [2.75, 3.05) is 39.6 Å². The molecule has 3 N–H and O–H groups in total. The standard InChI is InChI=1S/C83H162O17P2/c1-7-9-11-13-15-16-17-18-19-20-21-22-23-24-27-33-38-43-49-55-61-67-83(88)100-79(72-94-81(86)66-60-54-48-42-37-32-28-25-26-30-35-40-46-51-57-63-75(3)4)74-98-102(91,92)96-70-77(84)69-95-101(89,90)97-73-78(71-93-80(85)65-59-53-45-14-12-10-8-2)99-82(87)68-62-56-50-44-39-34-29-31-36-41-47-52-58-64-76(5)6/h75-79,84H,7-74H2,1-6H3,(H,89,90)(H,91,92)/t77-,78+,79+/m0/s1. The highest BCUT2D eigenvalue weighted by atomic mass is 31.2. The van der Waals surface area contributed by atoms with Crippen molar-refractivity contribution in [3.05, 3.63) is 0 Å². The van der Waals surface area contributed by atoms with Crippen molar-refractivity contribution in [1.82, 2.24) is 0 Å². The zero-order chi connectivity index (χ0) is 74.9. The Morgan fingerprint density at radius 3 is 0.667 bits per heavy atom. The number of ether oxygens (including phenoxy) is 4. The lowest BCUT2D eigenvalue weighted by Crippen LogP contribution is -2.30. The number of esters is 4. The lowest BCUT2D eigenvalue weighted by Gasteiger charge is -2.21. The summed E-state index contributed by atoms with van der Waals surface area (Å²) in [7, 11) is -9.92. The van der Waals surface area contributed by atoms with Crippen LogP contribution in [0.25, 0.3) is 0 Å². The minimum absolute atomic E-state index is 0.107. The van der Waals surface area contributed by atoms with E-state index in [0.29, 0.717) is 25.7 Å². The predicted octanol–water partition coefficient (Wildman–Crippen LogP) is 25.1. The first-order valence-electron chi connectivity index (χ1n) is 43.0. The number of phosphoric ester groups is 2. The Hall–Kier alpha value is -1.94. The quantitative estimate of drug-likeness (QED) is 0.0222. The van der Waals surface area contributed by atoms with E-state index in [-0.39, 0.29) is 25.7 Å². The van der Waals surface area contributed by atoms with Gasteiger partial charge in [0, 0.05) is 25.7 Å². The average Bonchev–Trinajstić information content (AvgIpc) is 0.959. The molecule has 0 aliphatic rings. The molecule has 0 saturated carbocycles. The Morgan fingerprint density at radius 2 is 0.451 bits per heavy atom. The number of carbonyl (C=O) groups is 4. The highest BCUT2D eigenvalue weighted by molar-refractivity contribution is 7.47. The summed E-state index contributed by atoms with van der Waals surface area (Å²) in [6, 6.07) is 0. The molecule has 102 heavy (non-hydrogen) atoms. The van der Waals surface area contributed by atoms with Gasteiger partial charge in [0.2, 0.25) is 0 Å². The molecule has 19 heteroatoms. The van der Waals surface area contributed by atoms with Crippen LogP contribution in [0.15, 0.2) is 0 Å². The predicted molar refractivity (Wildman–Crippen MR) is 418 cm³/mol. The number of hydrogen-bond donors (Lipinski definition) is 3. The molecule has 0 saturated heterocycles. The Balaban J connectivity index is 5.17. The second kappa shape index (κ2) is 74.5. The lowest BCUT2D eigenvalue weighted by molar-refractivity contribution is -0.161. The van der Waals surface area contributed by atoms with Crippen molar-refractivity contribution < 1.29 is 80.2 Å². The van der Waals surface area contributed by atoms with Gasteiger partial charge in [-0.25, -0.2) is 9.13 Å². The van der Waals surface area contributed by atoms with Crippen molar-refractivity contribution in [2.24, 2.45) is 11.8 Å². The fourth-order valence-corrected chi connectivity index (χ4v) is 14.5. The topological polar surface area (TPSA) is 237 Å². The molecule has 0 aromatic heterocycles. The maximum atomic E-state index is 13.1. The minimum atomic E-state index is -4.96. The second-order valence-corrected chi connectivity index (χ2v) is 33.7. The molecule has 2 unspecified atom stereocenters. The van der Waals surface area contributed by atoms with Gasteiger partial charge < -0.3 is 33.8 Å². The maximum absolute atomic E-state index is 13.1. The van der Waals surface area contributed by atoms with E-state index in [9.17, 15) is 43.2 Å². The molecule has 5 atom stereocenters. The van der Waals surface area contributed by atoms with Gasteiger partial charge in [-0.05, 0) is 37.5 Å².